The van der Waals surface area contributed by atoms with Crippen LogP contribution in [-0.4, -0.2) is 19.6 Å². The first-order valence-electron chi connectivity index (χ1n) is 3.25. The van der Waals surface area contributed by atoms with E-state index < -0.39 is 0 Å². The number of halogens is 1. The fourth-order valence-electron chi connectivity index (χ4n) is 0.658. The van der Waals surface area contributed by atoms with Gasteiger partial charge in [0.1, 0.15) is 12.7 Å². The van der Waals surface area contributed by atoms with Crippen LogP contribution in [0.1, 0.15) is 13.3 Å². The van der Waals surface area contributed by atoms with Crippen molar-refractivity contribution in [2.45, 2.75) is 24.7 Å². The van der Waals surface area contributed by atoms with E-state index in [1.165, 1.54) is 0 Å². The van der Waals surface area contributed by atoms with Crippen LogP contribution in [0, 0.1) is 0 Å². The minimum atomic E-state index is 0.553. The van der Waals surface area contributed by atoms with Gasteiger partial charge in [0.2, 0.25) is 0 Å². The van der Waals surface area contributed by atoms with Crippen LogP contribution in [0.25, 0.3) is 0 Å². The molecule has 1 atom stereocenters. The van der Waals surface area contributed by atoms with Crippen molar-refractivity contribution in [2.75, 3.05) is 0 Å². The average Bonchev–Trinajstić information content (AvgIpc) is 2.34. The molecular formula is C6H10BrN3. The van der Waals surface area contributed by atoms with Gasteiger partial charge in [-0.3, -0.25) is 4.68 Å². The molecule has 0 saturated carbocycles. The van der Waals surface area contributed by atoms with Crippen LogP contribution >= 0.6 is 15.9 Å². The Morgan fingerprint density at radius 1 is 1.70 bits per heavy atom. The van der Waals surface area contributed by atoms with E-state index in [0.29, 0.717) is 4.83 Å². The van der Waals surface area contributed by atoms with Gasteiger partial charge in [0.25, 0.3) is 0 Å². The van der Waals surface area contributed by atoms with E-state index in [4.69, 9.17) is 0 Å². The lowest BCUT2D eigenvalue weighted by molar-refractivity contribution is 0.579. The van der Waals surface area contributed by atoms with Gasteiger partial charge in [-0.15, -0.1) is 0 Å². The van der Waals surface area contributed by atoms with E-state index in [2.05, 4.69) is 32.9 Å². The molecule has 0 bridgehead atoms. The van der Waals surface area contributed by atoms with E-state index in [1.807, 2.05) is 4.68 Å². The first-order valence-corrected chi connectivity index (χ1v) is 4.17. The van der Waals surface area contributed by atoms with Crippen LogP contribution < -0.4 is 0 Å². The number of aryl methyl sites for hydroxylation is 1. The molecule has 0 aliphatic carbocycles. The van der Waals surface area contributed by atoms with Gasteiger partial charge in [0.05, 0.1) is 0 Å². The number of hydrogen-bond donors (Lipinski definition) is 0. The normalized spacial score (nSPS) is 13.4. The first kappa shape index (κ1) is 7.72. The monoisotopic (exact) mass is 203 g/mol. The number of rotatable bonds is 3. The minimum Gasteiger partial charge on any atom is -0.253 e. The van der Waals surface area contributed by atoms with E-state index in [9.17, 15) is 0 Å². The second-order valence-electron chi connectivity index (χ2n) is 2.23. The molecule has 0 aliphatic heterocycles. The third-order valence-electron chi connectivity index (χ3n) is 1.22. The molecule has 0 spiro atoms. The summed E-state index contributed by atoms with van der Waals surface area (Å²) < 4.78 is 1.83. The minimum absolute atomic E-state index is 0.553. The molecule has 10 heavy (non-hydrogen) atoms. The standard InChI is InChI=1S/C6H10BrN3/c1-6(7)2-3-10-5-8-4-9-10/h4-6H,2-3H2,1H3/t6-/m0/s1. The van der Waals surface area contributed by atoms with Gasteiger partial charge < -0.3 is 0 Å². The van der Waals surface area contributed by atoms with Crippen LogP contribution in [0.4, 0.5) is 0 Å². The SMILES string of the molecule is C[C@H](Br)CCn1cncn1. The summed E-state index contributed by atoms with van der Waals surface area (Å²) in [5.41, 5.74) is 0. The van der Waals surface area contributed by atoms with Crippen molar-refractivity contribution >= 4 is 15.9 Å². The van der Waals surface area contributed by atoms with E-state index in [-0.39, 0.29) is 0 Å². The van der Waals surface area contributed by atoms with Crippen LogP contribution in [0.3, 0.4) is 0 Å². The molecular weight excluding hydrogens is 194 g/mol. The van der Waals surface area contributed by atoms with Crippen molar-refractivity contribution in [3.8, 4) is 0 Å². The topological polar surface area (TPSA) is 30.7 Å². The van der Waals surface area contributed by atoms with Crippen molar-refractivity contribution in [2.24, 2.45) is 0 Å². The molecule has 0 aliphatic rings. The Hall–Kier alpha value is -0.380. The summed E-state index contributed by atoms with van der Waals surface area (Å²) in [6.07, 6.45) is 4.37. The quantitative estimate of drug-likeness (QED) is 0.697. The van der Waals surface area contributed by atoms with E-state index in [0.717, 1.165) is 13.0 Å². The smallest absolute Gasteiger partial charge is 0.137 e. The summed E-state index contributed by atoms with van der Waals surface area (Å²) in [6.45, 7) is 3.06. The van der Waals surface area contributed by atoms with Gasteiger partial charge in [0.15, 0.2) is 0 Å². The Morgan fingerprint density at radius 3 is 3.00 bits per heavy atom. The van der Waals surface area contributed by atoms with Crippen LogP contribution in [-0.2, 0) is 6.54 Å². The lowest BCUT2D eigenvalue weighted by Crippen LogP contribution is -2.02. The lowest BCUT2D eigenvalue weighted by atomic mass is 10.3. The molecule has 56 valence electrons. The summed E-state index contributed by atoms with van der Waals surface area (Å²) in [5, 5.41) is 3.97. The maximum absolute atomic E-state index is 3.97. The molecule has 0 saturated heterocycles. The molecule has 0 N–H and O–H groups in total. The molecule has 3 nitrogen and oxygen atoms in total. The van der Waals surface area contributed by atoms with E-state index in [1.54, 1.807) is 12.7 Å². The van der Waals surface area contributed by atoms with Gasteiger partial charge in [-0.25, -0.2) is 4.98 Å². The predicted octanol–water partition coefficient (Wildman–Crippen LogP) is 1.45. The highest BCUT2D eigenvalue weighted by atomic mass is 79.9. The molecule has 1 rings (SSSR count). The average molecular weight is 204 g/mol. The zero-order valence-corrected chi connectivity index (χ0v) is 7.45. The second kappa shape index (κ2) is 3.71. The van der Waals surface area contributed by atoms with Gasteiger partial charge in [-0.05, 0) is 6.42 Å². The molecule has 0 radical (unpaired) electrons. The number of aromatic nitrogens is 3. The molecule has 0 amide bonds. The molecule has 4 heteroatoms. The van der Waals surface area contributed by atoms with Gasteiger partial charge in [-0.1, -0.05) is 22.9 Å². The van der Waals surface area contributed by atoms with Crippen molar-refractivity contribution < 1.29 is 0 Å². The summed E-state index contributed by atoms with van der Waals surface area (Å²) in [4.78, 5) is 4.39. The molecule has 0 unspecified atom stereocenters. The number of nitrogens with zero attached hydrogens (tertiary/aromatic N) is 3. The fraction of sp³-hybridized carbons (Fsp3) is 0.667. The molecule has 1 heterocycles. The van der Waals surface area contributed by atoms with Crippen molar-refractivity contribution in [1.82, 2.24) is 14.8 Å². The maximum atomic E-state index is 3.97. The third-order valence-corrected chi connectivity index (χ3v) is 1.68. The third kappa shape index (κ3) is 2.47. The Labute approximate surface area is 68.6 Å². The number of alkyl halides is 1. The second-order valence-corrected chi connectivity index (χ2v) is 3.79. The largest absolute Gasteiger partial charge is 0.253 e. The zero-order valence-electron chi connectivity index (χ0n) is 5.87. The fourth-order valence-corrected chi connectivity index (χ4v) is 0.863. The van der Waals surface area contributed by atoms with Gasteiger partial charge in [-0.2, -0.15) is 5.10 Å². The van der Waals surface area contributed by atoms with Crippen LogP contribution in [0.5, 0.6) is 0 Å². The Balaban J connectivity index is 2.28. The van der Waals surface area contributed by atoms with Gasteiger partial charge in [0, 0.05) is 11.4 Å². The Morgan fingerprint density at radius 2 is 2.50 bits per heavy atom. The van der Waals surface area contributed by atoms with Crippen molar-refractivity contribution in [1.29, 1.82) is 0 Å². The van der Waals surface area contributed by atoms with Crippen LogP contribution in [0.2, 0.25) is 0 Å². The summed E-state index contributed by atoms with van der Waals surface area (Å²) in [7, 11) is 0. The van der Waals surface area contributed by atoms with Crippen molar-refractivity contribution in [3.63, 3.8) is 0 Å². The molecule has 1 aromatic heterocycles. The first-order chi connectivity index (χ1) is 4.79. The summed E-state index contributed by atoms with van der Waals surface area (Å²) in [6, 6.07) is 0. The number of hydrogen-bond acceptors (Lipinski definition) is 2. The summed E-state index contributed by atoms with van der Waals surface area (Å²) in [5.74, 6) is 0. The molecule has 0 fully saturated rings. The van der Waals surface area contributed by atoms with Crippen molar-refractivity contribution in [3.05, 3.63) is 12.7 Å². The highest BCUT2D eigenvalue weighted by Gasteiger charge is 1.95. The van der Waals surface area contributed by atoms with E-state index >= 15 is 0 Å². The van der Waals surface area contributed by atoms with Crippen LogP contribution in [0.15, 0.2) is 12.7 Å². The molecule has 1 aromatic rings. The maximum Gasteiger partial charge on any atom is 0.137 e. The summed E-state index contributed by atoms with van der Waals surface area (Å²) >= 11 is 3.46. The molecule has 0 aromatic carbocycles. The predicted molar refractivity (Wildman–Crippen MR) is 43.0 cm³/mol. The zero-order chi connectivity index (χ0) is 7.40. The Kier molecular flexibility index (Phi) is 2.86. The highest BCUT2D eigenvalue weighted by molar-refractivity contribution is 9.09. The highest BCUT2D eigenvalue weighted by Crippen LogP contribution is 2.03. The lowest BCUT2D eigenvalue weighted by Gasteiger charge is -2.00. The Bertz CT molecular complexity index is 171. The van der Waals surface area contributed by atoms with Gasteiger partial charge >= 0.3 is 0 Å².